The molecule has 0 radical (unpaired) electrons. The highest BCUT2D eigenvalue weighted by molar-refractivity contribution is 5.28. The van der Waals surface area contributed by atoms with Crippen molar-refractivity contribution >= 4 is 0 Å². The molecule has 1 N–H and O–H groups in total. The lowest BCUT2D eigenvalue weighted by molar-refractivity contribution is -0.0140. The quantitative estimate of drug-likeness (QED) is 0.839. The first-order valence-electron chi connectivity index (χ1n) is 6.85. The molecule has 1 heterocycles. The molecule has 0 bridgehead atoms. The summed E-state index contributed by atoms with van der Waals surface area (Å²) in [4.78, 5) is 0. The lowest BCUT2D eigenvalue weighted by Gasteiger charge is -2.24. The minimum Gasteiger partial charge on any atom is -0.310 e. The molecule has 3 heteroatoms. The zero-order valence-corrected chi connectivity index (χ0v) is 10.9. The maximum absolute atomic E-state index is 13.7. The van der Waals surface area contributed by atoms with Crippen LogP contribution < -0.4 is 5.32 Å². The van der Waals surface area contributed by atoms with Gasteiger partial charge in [-0.15, -0.1) is 0 Å². The third-order valence-electron chi connectivity index (χ3n) is 3.61. The Morgan fingerprint density at radius 2 is 1.94 bits per heavy atom. The second kappa shape index (κ2) is 5.79. The van der Waals surface area contributed by atoms with Crippen molar-refractivity contribution in [2.75, 3.05) is 6.54 Å². The van der Waals surface area contributed by atoms with Crippen LogP contribution in [0, 0.1) is 0 Å². The smallest absolute Gasteiger partial charge is 0.273 e. The van der Waals surface area contributed by atoms with E-state index >= 15 is 0 Å². The molecule has 0 amide bonds. The Morgan fingerprint density at radius 1 is 1.22 bits per heavy atom. The number of rotatable bonds is 4. The zero-order valence-electron chi connectivity index (χ0n) is 10.9. The van der Waals surface area contributed by atoms with Gasteiger partial charge in [-0.2, -0.15) is 0 Å². The van der Waals surface area contributed by atoms with E-state index < -0.39 is 5.92 Å². The van der Waals surface area contributed by atoms with E-state index in [4.69, 9.17) is 0 Å². The molecule has 1 aliphatic heterocycles. The van der Waals surface area contributed by atoms with E-state index in [1.807, 2.05) is 12.1 Å². The normalized spacial score (nSPS) is 20.9. The van der Waals surface area contributed by atoms with E-state index in [0.29, 0.717) is 12.5 Å². The molecule has 1 atom stereocenters. The third-order valence-corrected chi connectivity index (χ3v) is 3.61. The molecule has 1 aromatic rings. The Morgan fingerprint density at radius 3 is 2.50 bits per heavy atom. The fourth-order valence-electron chi connectivity index (χ4n) is 2.55. The molecular formula is C15H21F2N. The van der Waals surface area contributed by atoms with Crippen molar-refractivity contribution in [1.29, 1.82) is 0 Å². The topological polar surface area (TPSA) is 12.0 Å². The van der Waals surface area contributed by atoms with Gasteiger partial charge in [-0.1, -0.05) is 44.0 Å². The Bertz CT molecular complexity index is 367. The van der Waals surface area contributed by atoms with E-state index in [1.165, 1.54) is 12.8 Å². The molecule has 1 unspecified atom stereocenters. The van der Waals surface area contributed by atoms with Crippen molar-refractivity contribution in [3.8, 4) is 0 Å². The molecule has 18 heavy (non-hydrogen) atoms. The molecule has 1 aromatic carbocycles. The van der Waals surface area contributed by atoms with Crippen LogP contribution in [0.2, 0.25) is 0 Å². The maximum Gasteiger partial charge on any atom is 0.273 e. The van der Waals surface area contributed by atoms with Crippen LogP contribution in [-0.2, 0) is 5.92 Å². The SMILES string of the molecule is CCCC(F)(F)c1ccc(C2CCCCN2)cc1. The molecular weight excluding hydrogens is 232 g/mol. The van der Waals surface area contributed by atoms with Crippen molar-refractivity contribution in [1.82, 2.24) is 5.32 Å². The van der Waals surface area contributed by atoms with Crippen LogP contribution in [0.25, 0.3) is 0 Å². The van der Waals surface area contributed by atoms with Gasteiger partial charge >= 0.3 is 0 Å². The van der Waals surface area contributed by atoms with Crippen molar-refractivity contribution in [2.45, 2.75) is 51.0 Å². The number of piperidine rings is 1. The van der Waals surface area contributed by atoms with Crippen LogP contribution in [0.5, 0.6) is 0 Å². The Labute approximate surface area is 108 Å². The molecule has 0 aliphatic carbocycles. The van der Waals surface area contributed by atoms with Gasteiger partial charge in [0.25, 0.3) is 5.92 Å². The number of hydrogen-bond acceptors (Lipinski definition) is 1. The standard InChI is InChI=1S/C15H21F2N/c1-2-10-15(16,17)13-8-6-12(7-9-13)14-5-3-4-11-18-14/h6-9,14,18H,2-5,10-11H2,1H3. The summed E-state index contributed by atoms with van der Waals surface area (Å²) < 4.78 is 27.4. The molecule has 1 saturated heterocycles. The van der Waals surface area contributed by atoms with Crippen LogP contribution in [0.1, 0.15) is 56.2 Å². The molecule has 1 fully saturated rings. The summed E-state index contributed by atoms with van der Waals surface area (Å²) >= 11 is 0. The highest BCUT2D eigenvalue weighted by Gasteiger charge is 2.30. The highest BCUT2D eigenvalue weighted by atomic mass is 19.3. The molecule has 100 valence electrons. The van der Waals surface area contributed by atoms with E-state index in [9.17, 15) is 8.78 Å². The first-order valence-corrected chi connectivity index (χ1v) is 6.85. The zero-order chi connectivity index (χ0) is 13.0. The minimum atomic E-state index is -2.69. The predicted octanol–water partition coefficient (Wildman–Crippen LogP) is 4.39. The van der Waals surface area contributed by atoms with Gasteiger partial charge < -0.3 is 5.32 Å². The number of hydrogen-bond donors (Lipinski definition) is 1. The van der Waals surface area contributed by atoms with Gasteiger partial charge in [0.2, 0.25) is 0 Å². The van der Waals surface area contributed by atoms with Crippen LogP contribution in [0.15, 0.2) is 24.3 Å². The lowest BCUT2D eigenvalue weighted by atomic mass is 9.95. The van der Waals surface area contributed by atoms with Gasteiger partial charge in [-0.25, -0.2) is 8.78 Å². The Kier molecular flexibility index (Phi) is 4.33. The first-order chi connectivity index (χ1) is 8.63. The fraction of sp³-hybridized carbons (Fsp3) is 0.600. The molecule has 0 spiro atoms. The predicted molar refractivity (Wildman–Crippen MR) is 69.8 cm³/mol. The van der Waals surface area contributed by atoms with E-state index in [2.05, 4.69) is 5.32 Å². The summed E-state index contributed by atoms with van der Waals surface area (Å²) in [6.07, 6.45) is 3.95. The van der Waals surface area contributed by atoms with Crippen LogP contribution in [0.3, 0.4) is 0 Å². The Hall–Kier alpha value is -0.960. The van der Waals surface area contributed by atoms with Crippen molar-refractivity contribution in [3.05, 3.63) is 35.4 Å². The largest absolute Gasteiger partial charge is 0.310 e. The van der Waals surface area contributed by atoms with E-state index in [1.54, 1.807) is 19.1 Å². The molecule has 0 saturated carbocycles. The number of alkyl halides is 2. The Balaban J connectivity index is 2.09. The monoisotopic (exact) mass is 253 g/mol. The van der Waals surface area contributed by atoms with Gasteiger partial charge in [0.05, 0.1) is 0 Å². The van der Waals surface area contributed by atoms with Crippen molar-refractivity contribution in [2.24, 2.45) is 0 Å². The number of halogens is 2. The first kappa shape index (κ1) is 13.5. The number of benzene rings is 1. The molecule has 1 nitrogen and oxygen atoms in total. The van der Waals surface area contributed by atoms with Crippen LogP contribution >= 0.6 is 0 Å². The summed E-state index contributed by atoms with van der Waals surface area (Å²) in [5.41, 5.74) is 1.27. The molecule has 1 aliphatic rings. The summed E-state index contributed by atoms with van der Waals surface area (Å²) in [6.45, 7) is 2.81. The molecule has 0 aromatic heterocycles. The minimum absolute atomic E-state index is 0.0754. The van der Waals surface area contributed by atoms with Crippen LogP contribution in [0.4, 0.5) is 8.78 Å². The van der Waals surface area contributed by atoms with E-state index in [0.717, 1.165) is 18.5 Å². The third kappa shape index (κ3) is 3.08. The fourth-order valence-corrected chi connectivity index (χ4v) is 2.55. The second-order valence-electron chi connectivity index (χ2n) is 5.08. The van der Waals surface area contributed by atoms with Crippen molar-refractivity contribution < 1.29 is 8.78 Å². The average Bonchev–Trinajstić information content (AvgIpc) is 2.40. The molecule has 2 rings (SSSR count). The van der Waals surface area contributed by atoms with Gasteiger partial charge in [-0.05, 0) is 24.9 Å². The lowest BCUT2D eigenvalue weighted by Crippen LogP contribution is -2.26. The maximum atomic E-state index is 13.7. The highest BCUT2D eigenvalue weighted by Crippen LogP contribution is 2.33. The second-order valence-corrected chi connectivity index (χ2v) is 5.08. The summed E-state index contributed by atoms with van der Waals surface area (Å²) in [6, 6.07) is 7.21. The summed E-state index contributed by atoms with van der Waals surface area (Å²) in [5.74, 6) is -2.69. The van der Waals surface area contributed by atoms with Crippen molar-refractivity contribution in [3.63, 3.8) is 0 Å². The average molecular weight is 253 g/mol. The van der Waals surface area contributed by atoms with Gasteiger partial charge in [0, 0.05) is 18.0 Å². The van der Waals surface area contributed by atoms with Gasteiger partial charge in [-0.3, -0.25) is 0 Å². The van der Waals surface area contributed by atoms with E-state index in [-0.39, 0.29) is 12.0 Å². The van der Waals surface area contributed by atoms with Gasteiger partial charge in [0.15, 0.2) is 0 Å². The number of nitrogens with one attached hydrogen (secondary N) is 1. The van der Waals surface area contributed by atoms with Gasteiger partial charge in [0.1, 0.15) is 0 Å². The summed E-state index contributed by atoms with van der Waals surface area (Å²) in [5, 5.41) is 3.43. The summed E-state index contributed by atoms with van der Waals surface area (Å²) in [7, 11) is 0. The van der Waals surface area contributed by atoms with Crippen LogP contribution in [-0.4, -0.2) is 6.54 Å².